The first-order valence-corrected chi connectivity index (χ1v) is 4.48. The van der Waals surface area contributed by atoms with E-state index in [1.807, 2.05) is 13.8 Å². The van der Waals surface area contributed by atoms with Gasteiger partial charge in [0.05, 0.1) is 0 Å². The lowest BCUT2D eigenvalue weighted by Gasteiger charge is -2.19. The lowest BCUT2D eigenvalue weighted by Crippen LogP contribution is -2.14. The molecule has 12 heavy (non-hydrogen) atoms. The van der Waals surface area contributed by atoms with Gasteiger partial charge in [0.1, 0.15) is 0 Å². The van der Waals surface area contributed by atoms with Crippen molar-refractivity contribution in [3.05, 3.63) is 23.3 Å². The van der Waals surface area contributed by atoms with Gasteiger partial charge < -0.3 is 0 Å². The van der Waals surface area contributed by atoms with Crippen LogP contribution in [0, 0.1) is 5.92 Å². The molecule has 0 bridgehead atoms. The molecule has 0 saturated heterocycles. The van der Waals surface area contributed by atoms with Crippen LogP contribution in [-0.4, -0.2) is 5.78 Å². The summed E-state index contributed by atoms with van der Waals surface area (Å²) in [5.74, 6) is 0.777. The van der Waals surface area contributed by atoms with E-state index in [1.165, 1.54) is 5.57 Å². The fraction of sp³-hybridized carbons (Fsp3) is 0.545. The molecule has 0 aliphatic heterocycles. The molecule has 1 rings (SSSR count). The van der Waals surface area contributed by atoms with Gasteiger partial charge in [-0.2, -0.15) is 0 Å². The maximum atomic E-state index is 11.3. The summed E-state index contributed by atoms with van der Waals surface area (Å²) >= 11 is 0. The zero-order chi connectivity index (χ0) is 9.14. The van der Waals surface area contributed by atoms with Gasteiger partial charge in [-0.15, -0.1) is 0 Å². The molecule has 1 atom stereocenters. The molecule has 0 aromatic carbocycles. The molecule has 0 amide bonds. The first-order chi connectivity index (χ1) is 5.65. The van der Waals surface area contributed by atoms with Crippen LogP contribution >= 0.6 is 0 Å². The minimum Gasteiger partial charge on any atom is -0.295 e. The SMILES string of the molecule is C/C=C(/C)[C@H]1CC=C(C)C(=O)C1. The highest BCUT2D eigenvalue weighted by molar-refractivity contribution is 5.95. The lowest BCUT2D eigenvalue weighted by molar-refractivity contribution is -0.116. The molecule has 1 aliphatic carbocycles. The fourth-order valence-corrected chi connectivity index (χ4v) is 1.48. The van der Waals surface area contributed by atoms with E-state index in [9.17, 15) is 4.79 Å². The molecule has 0 heterocycles. The topological polar surface area (TPSA) is 17.1 Å². The number of hydrogen-bond acceptors (Lipinski definition) is 1. The summed E-state index contributed by atoms with van der Waals surface area (Å²) in [5.41, 5.74) is 2.28. The molecule has 0 aromatic heterocycles. The Morgan fingerprint density at radius 3 is 2.83 bits per heavy atom. The van der Waals surface area contributed by atoms with Gasteiger partial charge in [0.15, 0.2) is 5.78 Å². The van der Waals surface area contributed by atoms with Gasteiger partial charge in [0.2, 0.25) is 0 Å². The Morgan fingerprint density at radius 2 is 2.33 bits per heavy atom. The molecule has 0 spiro atoms. The molecule has 1 heteroatoms. The molecule has 0 unspecified atom stereocenters. The Labute approximate surface area is 74.2 Å². The first-order valence-electron chi connectivity index (χ1n) is 4.48. The van der Waals surface area contributed by atoms with Crippen molar-refractivity contribution >= 4 is 5.78 Å². The van der Waals surface area contributed by atoms with Crippen molar-refractivity contribution in [3.8, 4) is 0 Å². The highest BCUT2D eigenvalue weighted by Crippen LogP contribution is 2.26. The Hall–Kier alpha value is -0.850. The van der Waals surface area contributed by atoms with Gasteiger partial charge in [-0.05, 0) is 38.7 Å². The maximum Gasteiger partial charge on any atom is 0.158 e. The van der Waals surface area contributed by atoms with Crippen LogP contribution in [0.3, 0.4) is 0 Å². The van der Waals surface area contributed by atoms with Crippen LogP contribution in [0.1, 0.15) is 33.6 Å². The summed E-state index contributed by atoms with van der Waals surface area (Å²) in [6, 6.07) is 0. The van der Waals surface area contributed by atoms with Gasteiger partial charge in [0, 0.05) is 6.42 Å². The van der Waals surface area contributed by atoms with Crippen LogP contribution in [-0.2, 0) is 4.79 Å². The molecular weight excluding hydrogens is 148 g/mol. The maximum absolute atomic E-state index is 11.3. The highest BCUT2D eigenvalue weighted by atomic mass is 16.1. The van der Waals surface area contributed by atoms with Gasteiger partial charge in [-0.1, -0.05) is 17.7 Å². The van der Waals surface area contributed by atoms with Crippen LogP contribution in [0.2, 0.25) is 0 Å². The largest absolute Gasteiger partial charge is 0.295 e. The predicted octanol–water partition coefficient (Wildman–Crippen LogP) is 2.88. The number of ketones is 1. The van der Waals surface area contributed by atoms with Crippen molar-refractivity contribution in [1.29, 1.82) is 0 Å². The van der Waals surface area contributed by atoms with Crippen molar-refractivity contribution < 1.29 is 4.79 Å². The third-order valence-corrected chi connectivity index (χ3v) is 2.68. The third kappa shape index (κ3) is 1.84. The summed E-state index contributed by atoms with van der Waals surface area (Å²) in [4.78, 5) is 11.3. The minimum atomic E-state index is 0.312. The van der Waals surface area contributed by atoms with Gasteiger partial charge >= 0.3 is 0 Å². The van der Waals surface area contributed by atoms with E-state index in [-0.39, 0.29) is 0 Å². The Morgan fingerprint density at radius 1 is 1.67 bits per heavy atom. The van der Waals surface area contributed by atoms with Crippen molar-refractivity contribution in [2.45, 2.75) is 33.6 Å². The second-order valence-corrected chi connectivity index (χ2v) is 3.48. The van der Waals surface area contributed by atoms with Crippen LogP contribution < -0.4 is 0 Å². The molecule has 0 N–H and O–H groups in total. The van der Waals surface area contributed by atoms with E-state index in [0.29, 0.717) is 18.1 Å². The van der Waals surface area contributed by atoms with Crippen molar-refractivity contribution in [1.82, 2.24) is 0 Å². The number of hydrogen-bond donors (Lipinski definition) is 0. The zero-order valence-corrected chi connectivity index (χ0v) is 8.05. The molecule has 1 aliphatic rings. The van der Waals surface area contributed by atoms with Crippen molar-refractivity contribution in [2.24, 2.45) is 5.92 Å². The van der Waals surface area contributed by atoms with E-state index >= 15 is 0 Å². The molecular formula is C11H16O. The standard InChI is InChI=1S/C11H16O/c1-4-8(2)10-6-5-9(3)11(12)7-10/h4-5,10H,6-7H2,1-3H3/b8-4-/t10-/m0/s1. The van der Waals surface area contributed by atoms with E-state index in [4.69, 9.17) is 0 Å². The number of rotatable bonds is 1. The fourth-order valence-electron chi connectivity index (χ4n) is 1.48. The van der Waals surface area contributed by atoms with Crippen molar-refractivity contribution in [2.75, 3.05) is 0 Å². The van der Waals surface area contributed by atoms with Gasteiger partial charge in [-0.3, -0.25) is 4.79 Å². The smallest absolute Gasteiger partial charge is 0.158 e. The number of Topliss-reactive ketones (excluding diaryl/α,β-unsaturated/α-hetero) is 1. The molecule has 0 aromatic rings. The predicted molar refractivity (Wildman–Crippen MR) is 50.9 cm³/mol. The summed E-state index contributed by atoms with van der Waals surface area (Å²) < 4.78 is 0. The summed E-state index contributed by atoms with van der Waals surface area (Å²) in [7, 11) is 0. The number of carbonyl (C=O) groups is 1. The second-order valence-electron chi connectivity index (χ2n) is 3.48. The van der Waals surface area contributed by atoms with E-state index < -0.39 is 0 Å². The first kappa shape index (κ1) is 9.24. The second kappa shape index (κ2) is 3.70. The third-order valence-electron chi connectivity index (χ3n) is 2.68. The van der Waals surface area contributed by atoms with Crippen LogP contribution in [0.25, 0.3) is 0 Å². The zero-order valence-electron chi connectivity index (χ0n) is 8.05. The van der Waals surface area contributed by atoms with Gasteiger partial charge in [-0.25, -0.2) is 0 Å². The average molecular weight is 164 g/mol. The molecule has 0 saturated carbocycles. The van der Waals surface area contributed by atoms with Crippen LogP contribution in [0.4, 0.5) is 0 Å². The highest BCUT2D eigenvalue weighted by Gasteiger charge is 2.19. The van der Waals surface area contributed by atoms with E-state index in [0.717, 1.165) is 12.0 Å². The molecule has 66 valence electrons. The normalized spacial score (nSPS) is 25.6. The van der Waals surface area contributed by atoms with Crippen molar-refractivity contribution in [3.63, 3.8) is 0 Å². The van der Waals surface area contributed by atoms with Crippen LogP contribution in [0.15, 0.2) is 23.3 Å². The summed E-state index contributed by atoms with van der Waals surface area (Å²) in [6.45, 7) is 6.04. The Kier molecular flexibility index (Phi) is 2.85. The Balaban J connectivity index is 2.72. The number of carbonyl (C=O) groups excluding carboxylic acids is 1. The summed E-state index contributed by atoms with van der Waals surface area (Å²) in [5, 5.41) is 0. The summed E-state index contributed by atoms with van der Waals surface area (Å²) in [6.07, 6.45) is 5.90. The number of allylic oxidation sites excluding steroid dienone is 4. The molecule has 1 nitrogen and oxygen atoms in total. The molecule has 0 fully saturated rings. The minimum absolute atomic E-state index is 0.312. The van der Waals surface area contributed by atoms with Crippen LogP contribution in [0.5, 0.6) is 0 Å². The lowest BCUT2D eigenvalue weighted by atomic mass is 9.84. The van der Waals surface area contributed by atoms with E-state index in [1.54, 1.807) is 0 Å². The van der Waals surface area contributed by atoms with Gasteiger partial charge in [0.25, 0.3) is 0 Å². The Bertz CT molecular complexity index is 246. The quantitative estimate of drug-likeness (QED) is 0.545. The molecule has 0 radical (unpaired) electrons. The average Bonchev–Trinajstić information content (AvgIpc) is 2.08. The monoisotopic (exact) mass is 164 g/mol. The van der Waals surface area contributed by atoms with E-state index in [2.05, 4.69) is 19.1 Å².